The molecule has 5 heteroatoms. The van der Waals surface area contributed by atoms with Crippen molar-refractivity contribution in [1.29, 1.82) is 0 Å². The molecule has 3 N–H and O–H groups in total. The van der Waals surface area contributed by atoms with Crippen LogP contribution in [0.2, 0.25) is 0 Å². The molecule has 1 heterocycles. The summed E-state index contributed by atoms with van der Waals surface area (Å²) in [5.41, 5.74) is 5.32. The summed E-state index contributed by atoms with van der Waals surface area (Å²) >= 11 is 0. The number of rotatable bonds is 3. The van der Waals surface area contributed by atoms with E-state index >= 15 is 0 Å². The Morgan fingerprint density at radius 3 is 2.41 bits per heavy atom. The Kier molecular flexibility index (Phi) is 3.12. The van der Waals surface area contributed by atoms with Crippen molar-refractivity contribution in [3.63, 3.8) is 0 Å². The molecule has 0 radical (unpaired) electrons. The van der Waals surface area contributed by atoms with E-state index in [-0.39, 0.29) is 17.2 Å². The lowest BCUT2D eigenvalue weighted by atomic mass is 9.68. The van der Waals surface area contributed by atoms with E-state index in [1.165, 1.54) is 0 Å². The fourth-order valence-corrected chi connectivity index (χ4v) is 2.90. The molecule has 5 nitrogen and oxygen atoms in total. The molecule has 2 unspecified atom stereocenters. The zero-order valence-corrected chi connectivity index (χ0v) is 10.2. The van der Waals surface area contributed by atoms with Crippen molar-refractivity contribution in [2.45, 2.75) is 26.2 Å². The van der Waals surface area contributed by atoms with Gasteiger partial charge in [-0.1, -0.05) is 13.3 Å². The molecule has 1 aliphatic heterocycles. The topological polar surface area (TPSA) is 83.6 Å². The SMILES string of the molecule is CC1CN(C(=O)C2(CN)CCC2)CC1C(=O)O. The smallest absolute Gasteiger partial charge is 0.308 e. The minimum absolute atomic E-state index is 0.0337. The molecule has 2 aliphatic rings. The Balaban J connectivity index is 2.05. The number of carbonyl (C=O) groups excluding carboxylic acids is 1. The third-order valence-corrected chi connectivity index (χ3v) is 4.37. The van der Waals surface area contributed by atoms with Gasteiger partial charge in [-0.2, -0.15) is 0 Å². The second-order valence-corrected chi connectivity index (χ2v) is 5.47. The highest BCUT2D eigenvalue weighted by Gasteiger charge is 2.48. The molecule has 2 atom stereocenters. The Morgan fingerprint density at radius 1 is 1.41 bits per heavy atom. The average molecular weight is 240 g/mol. The molecule has 1 saturated carbocycles. The quantitative estimate of drug-likeness (QED) is 0.743. The van der Waals surface area contributed by atoms with Crippen LogP contribution >= 0.6 is 0 Å². The predicted octanol–water partition coefficient (Wildman–Crippen LogP) is 0.294. The van der Waals surface area contributed by atoms with E-state index < -0.39 is 11.9 Å². The Bertz CT molecular complexity index is 333. The molecule has 1 aliphatic carbocycles. The van der Waals surface area contributed by atoms with Gasteiger partial charge < -0.3 is 15.7 Å². The number of carboxylic acid groups (broad SMARTS) is 1. The highest BCUT2D eigenvalue weighted by molar-refractivity contribution is 5.85. The van der Waals surface area contributed by atoms with Gasteiger partial charge in [0.2, 0.25) is 5.91 Å². The highest BCUT2D eigenvalue weighted by atomic mass is 16.4. The summed E-state index contributed by atoms with van der Waals surface area (Å²) in [6.45, 7) is 3.17. The number of hydrogen-bond acceptors (Lipinski definition) is 3. The third-order valence-electron chi connectivity index (χ3n) is 4.37. The lowest BCUT2D eigenvalue weighted by Crippen LogP contribution is -2.51. The largest absolute Gasteiger partial charge is 0.481 e. The van der Waals surface area contributed by atoms with Gasteiger partial charge in [0.1, 0.15) is 0 Å². The first kappa shape index (κ1) is 12.4. The summed E-state index contributed by atoms with van der Waals surface area (Å²) in [6.07, 6.45) is 2.75. The number of carboxylic acids is 1. The molecule has 0 aromatic rings. The van der Waals surface area contributed by atoms with Crippen LogP contribution in [0.3, 0.4) is 0 Å². The maximum atomic E-state index is 12.3. The van der Waals surface area contributed by atoms with Gasteiger partial charge in [0, 0.05) is 19.6 Å². The maximum absolute atomic E-state index is 12.3. The zero-order chi connectivity index (χ0) is 12.6. The van der Waals surface area contributed by atoms with Gasteiger partial charge in [0.05, 0.1) is 11.3 Å². The van der Waals surface area contributed by atoms with Crippen LogP contribution in [0.15, 0.2) is 0 Å². The number of likely N-dealkylation sites (tertiary alicyclic amines) is 1. The van der Waals surface area contributed by atoms with E-state index in [0.29, 0.717) is 19.6 Å². The fourth-order valence-electron chi connectivity index (χ4n) is 2.90. The third kappa shape index (κ3) is 1.92. The van der Waals surface area contributed by atoms with Crippen LogP contribution in [-0.2, 0) is 9.59 Å². The highest BCUT2D eigenvalue weighted by Crippen LogP contribution is 2.42. The summed E-state index contributed by atoms with van der Waals surface area (Å²) in [5, 5.41) is 9.05. The van der Waals surface area contributed by atoms with E-state index in [1.807, 2.05) is 6.92 Å². The van der Waals surface area contributed by atoms with Gasteiger partial charge >= 0.3 is 5.97 Å². The first-order chi connectivity index (χ1) is 8.00. The zero-order valence-electron chi connectivity index (χ0n) is 10.2. The molecular formula is C12H20N2O3. The number of nitrogens with two attached hydrogens (primary N) is 1. The van der Waals surface area contributed by atoms with Gasteiger partial charge in [0.25, 0.3) is 0 Å². The van der Waals surface area contributed by atoms with E-state index in [0.717, 1.165) is 19.3 Å². The van der Waals surface area contributed by atoms with Gasteiger partial charge in [-0.05, 0) is 18.8 Å². The molecule has 1 saturated heterocycles. The number of hydrogen-bond donors (Lipinski definition) is 2. The van der Waals surface area contributed by atoms with Crippen LogP contribution in [0.5, 0.6) is 0 Å². The Labute approximate surface area is 101 Å². The van der Waals surface area contributed by atoms with Crippen molar-refractivity contribution < 1.29 is 14.7 Å². The standard InChI is InChI=1S/C12H20N2O3/c1-8-5-14(6-9(8)10(15)16)11(17)12(7-13)3-2-4-12/h8-9H,2-7,13H2,1H3,(H,15,16). The fraction of sp³-hybridized carbons (Fsp3) is 0.833. The first-order valence-electron chi connectivity index (χ1n) is 6.22. The monoisotopic (exact) mass is 240 g/mol. The number of carbonyl (C=O) groups is 2. The van der Waals surface area contributed by atoms with Crippen LogP contribution in [0.4, 0.5) is 0 Å². The van der Waals surface area contributed by atoms with E-state index in [4.69, 9.17) is 10.8 Å². The normalized spacial score (nSPS) is 31.1. The molecule has 96 valence electrons. The van der Waals surface area contributed by atoms with Crippen LogP contribution < -0.4 is 5.73 Å². The molecule has 0 spiro atoms. The predicted molar refractivity (Wildman–Crippen MR) is 62.2 cm³/mol. The molecule has 2 rings (SSSR count). The van der Waals surface area contributed by atoms with Crippen LogP contribution in [-0.4, -0.2) is 41.5 Å². The summed E-state index contributed by atoms with van der Waals surface area (Å²) in [4.78, 5) is 25.1. The summed E-state index contributed by atoms with van der Waals surface area (Å²) < 4.78 is 0. The Hall–Kier alpha value is -1.10. The van der Waals surface area contributed by atoms with E-state index in [1.54, 1.807) is 4.90 Å². The number of aliphatic carboxylic acids is 1. The van der Waals surface area contributed by atoms with Crippen LogP contribution in [0, 0.1) is 17.3 Å². The molecule has 0 aromatic heterocycles. The number of nitrogens with zero attached hydrogens (tertiary/aromatic N) is 1. The summed E-state index contributed by atoms with van der Waals surface area (Å²) in [6, 6.07) is 0. The van der Waals surface area contributed by atoms with E-state index in [2.05, 4.69) is 0 Å². The number of amides is 1. The maximum Gasteiger partial charge on any atom is 0.308 e. The first-order valence-corrected chi connectivity index (χ1v) is 6.22. The minimum atomic E-state index is -0.803. The van der Waals surface area contributed by atoms with Gasteiger partial charge in [0.15, 0.2) is 0 Å². The van der Waals surface area contributed by atoms with Gasteiger partial charge in [-0.25, -0.2) is 0 Å². The lowest BCUT2D eigenvalue weighted by molar-refractivity contribution is -0.146. The second-order valence-electron chi connectivity index (χ2n) is 5.47. The molecule has 0 bridgehead atoms. The Morgan fingerprint density at radius 2 is 2.06 bits per heavy atom. The van der Waals surface area contributed by atoms with Crippen LogP contribution in [0.25, 0.3) is 0 Å². The van der Waals surface area contributed by atoms with Crippen molar-refractivity contribution in [1.82, 2.24) is 4.90 Å². The van der Waals surface area contributed by atoms with Crippen LogP contribution in [0.1, 0.15) is 26.2 Å². The summed E-state index contributed by atoms with van der Waals surface area (Å²) in [7, 11) is 0. The second kappa shape index (κ2) is 4.29. The molecule has 0 aromatic carbocycles. The van der Waals surface area contributed by atoms with E-state index in [9.17, 15) is 9.59 Å². The van der Waals surface area contributed by atoms with Gasteiger partial charge in [-0.3, -0.25) is 9.59 Å². The molecular weight excluding hydrogens is 220 g/mol. The summed E-state index contributed by atoms with van der Waals surface area (Å²) in [5.74, 6) is -1.12. The van der Waals surface area contributed by atoms with Crippen molar-refractivity contribution >= 4 is 11.9 Å². The molecule has 17 heavy (non-hydrogen) atoms. The molecule has 2 fully saturated rings. The van der Waals surface area contributed by atoms with Crippen molar-refractivity contribution in [3.05, 3.63) is 0 Å². The van der Waals surface area contributed by atoms with Crippen molar-refractivity contribution in [2.24, 2.45) is 23.0 Å². The lowest BCUT2D eigenvalue weighted by Gasteiger charge is -2.41. The molecule has 1 amide bonds. The average Bonchev–Trinajstić information content (AvgIpc) is 2.59. The van der Waals surface area contributed by atoms with Crippen molar-refractivity contribution in [3.8, 4) is 0 Å². The van der Waals surface area contributed by atoms with Gasteiger partial charge in [-0.15, -0.1) is 0 Å². The van der Waals surface area contributed by atoms with Crippen molar-refractivity contribution in [2.75, 3.05) is 19.6 Å². The minimum Gasteiger partial charge on any atom is -0.481 e.